The molecule has 3 aromatic rings. The van der Waals surface area contributed by atoms with E-state index < -0.39 is 0 Å². The van der Waals surface area contributed by atoms with Gasteiger partial charge >= 0.3 is 0 Å². The van der Waals surface area contributed by atoms with Crippen molar-refractivity contribution in [1.82, 2.24) is 19.6 Å². The quantitative estimate of drug-likeness (QED) is 0.489. The summed E-state index contributed by atoms with van der Waals surface area (Å²) < 4.78 is 6.69. The fraction of sp³-hybridized carbons (Fsp3) is 0. The van der Waals surface area contributed by atoms with E-state index in [1.54, 1.807) is 16.9 Å². The molecular formula is C7H4N4O. The van der Waals surface area contributed by atoms with E-state index in [9.17, 15) is 0 Å². The third-order valence-electron chi connectivity index (χ3n) is 1.69. The minimum absolute atomic E-state index is 0.544. The van der Waals surface area contributed by atoms with Crippen LogP contribution in [-0.2, 0) is 0 Å². The Morgan fingerprint density at radius 3 is 3.42 bits per heavy atom. The summed E-state index contributed by atoms with van der Waals surface area (Å²) in [7, 11) is 0. The molecule has 0 bridgehead atoms. The summed E-state index contributed by atoms with van der Waals surface area (Å²) in [5.41, 5.74) is 2.02. The molecule has 0 radical (unpaired) electrons. The molecule has 0 spiro atoms. The van der Waals surface area contributed by atoms with E-state index in [0.717, 1.165) is 5.65 Å². The standard InChI is InChI=1S/C7H4N4O/c1-2-9-11-3-5-7(10-6(1)11)12-4-8-5/h1-4H. The molecule has 58 valence electrons. The number of oxazole rings is 1. The Labute approximate surface area is 66.7 Å². The van der Waals surface area contributed by atoms with Gasteiger partial charge in [0.2, 0.25) is 5.71 Å². The lowest BCUT2D eigenvalue weighted by Crippen LogP contribution is -1.88. The molecule has 0 fully saturated rings. The Bertz CT molecular complexity index is 447. The first-order valence-electron chi connectivity index (χ1n) is 3.47. The highest BCUT2D eigenvalue weighted by Crippen LogP contribution is 2.09. The van der Waals surface area contributed by atoms with Crippen LogP contribution in [0, 0.1) is 0 Å². The number of rotatable bonds is 0. The van der Waals surface area contributed by atoms with E-state index in [0.29, 0.717) is 11.2 Å². The SMILES string of the molecule is c1cc2nc3ocnc3cn2n1. The number of nitrogens with zero attached hydrogens (tertiary/aromatic N) is 4. The molecule has 5 heteroatoms. The van der Waals surface area contributed by atoms with Crippen LogP contribution in [0.25, 0.3) is 16.9 Å². The van der Waals surface area contributed by atoms with E-state index in [4.69, 9.17) is 4.42 Å². The molecule has 0 aliphatic heterocycles. The second kappa shape index (κ2) is 1.82. The third kappa shape index (κ3) is 0.597. The molecule has 12 heavy (non-hydrogen) atoms. The fourth-order valence-electron chi connectivity index (χ4n) is 1.14. The van der Waals surface area contributed by atoms with Gasteiger partial charge in [0.05, 0.1) is 12.4 Å². The largest absolute Gasteiger partial charge is 0.425 e. The van der Waals surface area contributed by atoms with Gasteiger partial charge in [-0.3, -0.25) is 0 Å². The van der Waals surface area contributed by atoms with Gasteiger partial charge in [0.15, 0.2) is 12.0 Å². The second-order valence-corrected chi connectivity index (χ2v) is 2.42. The van der Waals surface area contributed by atoms with Crippen LogP contribution in [0.3, 0.4) is 0 Å². The van der Waals surface area contributed by atoms with Gasteiger partial charge in [0, 0.05) is 6.07 Å². The summed E-state index contributed by atoms with van der Waals surface area (Å²) in [5, 5.41) is 4.02. The lowest BCUT2D eigenvalue weighted by atomic mass is 10.5. The van der Waals surface area contributed by atoms with Crippen LogP contribution in [0.15, 0.2) is 29.3 Å². The van der Waals surface area contributed by atoms with Crippen molar-refractivity contribution < 1.29 is 4.42 Å². The van der Waals surface area contributed by atoms with Gasteiger partial charge in [-0.1, -0.05) is 0 Å². The van der Waals surface area contributed by atoms with Gasteiger partial charge in [0.1, 0.15) is 5.52 Å². The lowest BCUT2D eigenvalue weighted by molar-refractivity contribution is 0.591. The maximum atomic E-state index is 5.03. The minimum atomic E-state index is 0.544. The Kier molecular flexibility index (Phi) is 0.864. The summed E-state index contributed by atoms with van der Waals surface area (Å²) in [4.78, 5) is 8.13. The molecule has 0 saturated heterocycles. The van der Waals surface area contributed by atoms with Gasteiger partial charge in [0.25, 0.3) is 0 Å². The highest BCUT2D eigenvalue weighted by Gasteiger charge is 2.02. The van der Waals surface area contributed by atoms with Crippen molar-refractivity contribution in [3.63, 3.8) is 0 Å². The molecule has 0 amide bonds. The van der Waals surface area contributed by atoms with Gasteiger partial charge in [-0.2, -0.15) is 10.1 Å². The molecule has 0 aromatic carbocycles. The first kappa shape index (κ1) is 5.70. The van der Waals surface area contributed by atoms with Crippen LogP contribution in [0.5, 0.6) is 0 Å². The van der Waals surface area contributed by atoms with Crippen molar-refractivity contribution in [2.45, 2.75) is 0 Å². The zero-order valence-corrected chi connectivity index (χ0v) is 6.01. The average Bonchev–Trinajstić information content (AvgIpc) is 2.64. The monoisotopic (exact) mass is 160 g/mol. The van der Waals surface area contributed by atoms with E-state index in [-0.39, 0.29) is 0 Å². The summed E-state index contributed by atoms with van der Waals surface area (Å²) >= 11 is 0. The number of hydrogen-bond donors (Lipinski definition) is 0. The summed E-state index contributed by atoms with van der Waals surface area (Å²) in [6.07, 6.45) is 4.83. The van der Waals surface area contributed by atoms with Crippen molar-refractivity contribution in [3.05, 3.63) is 24.9 Å². The Morgan fingerprint density at radius 1 is 1.42 bits per heavy atom. The van der Waals surface area contributed by atoms with Gasteiger partial charge < -0.3 is 4.42 Å². The summed E-state index contributed by atoms with van der Waals surface area (Å²) in [6.45, 7) is 0. The van der Waals surface area contributed by atoms with Gasteiger partial charge in [-0.05, 0) is 0 Å². The average molecular weight is 160 g/mol. The normalized spacial score (nSPS) is 11.3. The zero-order valence-electron chi connectivity index (χ0n) is 6.01. The second-order valence-electron chi connectivity index (χ2n) is 2.42. The number of hydrogen-bond acceptors (Lipinski definition) is 4. The Morgan fingerprint density at radius 2 is 2.42 bits per heavy atom. The maximum Gasteiger partial charge on any atom is 0.250 e. The Hall–Kier alpha value is -1.91. The highest BCUT2D eigenvalue weighted by molar-refractivity contribution is 5.68. The van der Waals surface area contributed by atoms with Crippen LogP contribution in [0.1, 0.15) is 0 Å². The topological polar surface area (TPSA) is 56.2 Å². The van der Waals surface area contributed by atoms with Crippen molar-refractivity contribution in [2.75, 3.05) is 0 Å². The third-order valence-corrected chi connectivity index (χ3v) is 1.69. The van der Waals surface area contributed by atoms with Gasteiger partial charge in [-0.25, -0.2) is 9.50 Å². The maximum absolute atomic E-state index is 5.03. The molecule has 0 atom stereocenters. The molecule has 0 saturated carbocycles. The van der Waals surface area contributed by atoms with E-state index >= 15 is 0 Å². The number of aromatic nitrogens is 4. The molecule has 0 unspecified atom stereocenters. The number of fused-ring (bicyclic) bond motifs is 2. The van der Waals surface area contributed by atoms with Crippen molar-refractivity contribution in [1.29, 1.82) is 0 Å². The molecule has 3 rings (SSSR count). The first-order chi connectivity index (χ1) is 5.93. The minimum Gasteiger partial charge on any atom is -0.425 e. The van der Waals surface area contributed by atoms with Crippen LogP contribution in [0.2, 0.25) is 0 Å². The smallest absolute Gasteiger partial charge is 0.250 e. The highest BCUT2D eigenvalue weighted by atomic mass is 16.3. The van der Waals surface area contributed by atoms with Crippen molar-refractivity contribution in [3.8, 4) is 0 Å². The van der Waals surface area contributed by atoms with Gasteiger partial charge in [-0.15, -0.1) is 0 Å². The summed E-state index contributed by atoms with van der Waals surface area (Å²) in [5.74, 6) is 0. The van der Waals surface area contributed by atoms with Crippen LogP contribution in [0.4, 0.5) is 0 Å². The zero-order chi connectivity index (χ0) is 7.97. The predicted octanol–water partition coefficient (Wildman–Crippen LogP) is 0.870. The Balaban J connectivity index is 2.62. The lowest BCUT2D eigenvalue weighted by Gasteiger charge is -1.89. The summed E-state index contributed by atoms with van der Waals surface area (Å²) in [6, 6.07) is 1.81. The first-order valence-corrected chi connectivity index (χ1v) is 3.47. The van der Waals surface area contributed by atoms with Crippen molar-refractivity contribution in [2.24, 2.45) is 0 Å². The van der Waals surface area contributed by atoms with E-state index in [2.05, 4.69) is 15.1 Å². The van der Waals surface area contributed by atoms with Crippen molar-refractivity contribution >= 4 is 16.9 Å². The van der Waals surface area contributed by atoms with Crippen LogP contribution < -0.4 is 0 Å². The fourth-order valence-corrected chi connectivity index (χ4v) is 1.14. The van der Waals surface area contributed by atoms with Crippen LogP contribution >= 0.6 is 0 Å². The van der Waals surface area contributed by atoms with Crippen LogP contribution in [-0.4, -0.2) is 19.6 Å². The molecule has 0 N–H and O–H groups in total. The molecule has 3 aromatic heterocycles. The molecule has 3 heterocycles. The molecule has 5 nitrogen and oxygen atoms in total. The molecular weight excluding hydrogens is 156 g/mol. The van der Waals surface area contributed by atoms with E-state index in [1.165, 1.54) is 6.39 Å². The molecule has 0 aliphatic rings. The predicted molar refractivity (Wildman–Crippen MR) is 40.6 cm³/mol. The van der Waals surface area contributed by atoms with E-state index in [1.807, 2.05) is 6.07 Å². The molecule has 0 aliphatic carbocycles.